The van der Waals surface area contributed by atoms with Crippen LogP contribution >= 0.6 is 11.8 Å². The molecule has 106 valence electrons. The maximum Gasteiger partial charge on any atom is 0.120 e. The van der Waals surface area contributed by atoms with E-state index in [1.807, 2.05) is 18.7 Å². The Balaban J connectivity index is 1.94. The maximum absolute atomic E-state index is 9.86. The van der Waals surface area contributed by atoms with Crippen molar-refractivity contribution >= 4 is 11.8 Å². The molecule has 1 fully saturated rings. The monoisotopic (exact) mass is 281 g/mol. The van der Waals surface area contributed by atoms with Crippen molar-refractivity contribution in [1.29, 1.82) is 0 Å². The fourth-order valence-electron chi connectivity index (χ4n) is 2.81. The summed E-state index contributed by atoms with van der Waals surface area (Å²) in [6, 6.07) is 5.27. The summed E-state index contributed by atoms with van der Waals surface area (Å²) in [6.07, 6.45) is 3.67. The van der Waals surface area contributed by atoms with Crippen LogP contribution in [0.4, 0.5) is 0 Å². The summed E-state index contributed by atoms with van der Waals surface area (Å²) in [4.78, 5) is 0. The van der Waals surface area contributed by atoms with Crippen LogP contribution in [0.15, 0.2) is 18.2 Å². The van der Waals surface area contributed by atoms with Gasteiger partial charge in [0.15, 0.2) is 0 Å². The minimum Gasteiger partial charge on any atom is -0.508 e. The molecule has 0 radical (unpaired) electrons. The van der Waals surface area contributed by atoms with Gasteiger partial charge in [-0.05, 0) is 50.1 Å². The second-order valence-electron chi connectivity index (χ2n) is 5.22. The first kappa shape index (κ1) is 14.5. The van der Waals surface area contributed by atoms with Gasteiger partial charge in [0.05, 0.1) is 0 Å². The molecular formula is C15H23NO2S. The van der Waals surface area contributed by atoms with Gasteiger partial charge in [-0.2, -0.15) is 11.8 Å². The Labute approximate surface area is 119 Å². The van der Waals surface area contributed by atoms with Gasteiger partial charge < -0.3 is 15.5 Å². The first-order chi connectivity index (χ1) is 9.10. The third-order valence-electron chi connectivity index (χ3n) is 3.75. The highest BCUT2D eigenvalue weighted by molar-refractivity contribution is 7.99. The predicted octanol–water partition coefficient (Wildman–Crippen LogP) is 3.42. The van der Waals surface area contributed by atoms with Crippen LogP contribution in [-0.4, -0.2) is 27.3 Å². The van der Waals surface area contributed by atoms with Crippen LogP contribution < -0.4 is 5.32 Å². The summed E-state index contributed by atoms with van der Waals surface area (Å²) < 4.78 is 0. The molecule has 0 amide bonds. The molecule has 19 heavy (non-hydrogen) atoms. The molecule has 3 unspecified atom stereocenters. The number of aromatic hydroxyl groups is 2. The van der Waals surface area contributed by atoms with Crippen LogP contribution in [0, 0.1) is 0 Å². The van der Waals surface area contributed by atoms with Gasteiger partial charge in [-0.25, -0.2) is 0 Å². The average molecular weight is 281 g/mol. The molecule has 2 rings (SSSR count). The lowest BCUT2D eigenvalue weighted by Crippen LogP contribution is -2.29. The van der Waals surface area contributed by atoms with Crippen molar-refractivity contribution in [2.75, 3.05) is 5.75 Å². The smallest absolute Gasteiger partial charge is 0.120 e. The fourth-order valence-corrected chi connectivity index (χ4v) is 3.95. The van der Waals surface area contributed by atoms with Crippen molar-refractivity contribution < 1.29 is 10.2 Å². The number of rotatable bonds is 5. The molecule has 0 aromatic heterocycles. The van der Waals surface area contributed by atoms with Crippen molar-refractivity contribution in [3.05, 3.63) is 23.8 Å². The third-order valence-corrected chi connectivity index (χ3v) is 4.98. The zero-order valence-electron chi connectivity index (χ0n) is 11.6. The SMILES string of the molecule is CCSC1CCC(NC(C)c2cc(O)ccc2O)C1. The zero-order valence-corrected chi connectivity index (χ0v) is 12.4. The molecule has 1 saturated carbocycles. The maximum atomic E-state index is 9.86. The lowest BCUT2D eigenvalue weighted by molar-refractivity contribution is 0.420. The minimum absolute atomic E-state index is 0.0578. The molecule has 3 atom stereocenters. The highest BCUT2D eigenvalue weighted by Gasteiger charge is 2.26. The largest absolute Gasteiger partial charge is 0.508 e. The van der Waals surface area contributed by atoms with Crippen LogP contribution in [0.1, 0.15) is 44.7 Å². The number of phenolic OH excluding ortho intramolecular Hbond substituents is 2. The van der Waals surface area contributed by atoms with E-state index in [-0.39, 0.29) is 17.5 Å². The van der Waals surface area contributed by atoms with Crippen molar-refractivity contribution in [1.82, 2.24) is 5.32 Å². The van der Waals surface area contributed by atoms with E-state index < -0.39 is 0 Å². The molecule has 0 saturated heterocycles. The van der Waals surface area contributed by atoms with Gasteiger partial charge in [-0.15, -0.1) is 0 Å². The molecule has 0 spiro atoms. The van der Waals surface area contributed by atoms with Gasteiger partial charge in [-0.1, -0.05) is 6.92 Å². The summed E-state index contributed by atoms with van der Waals surface area (Å²) >= 11 is 2.04. The van der Waals surface area contributed by atoms with E-state index in [2.05, 4.69) is 12.2 Å². The summed E-state index contributed by atoms with van der Waals surface area (Å²) in [5.74, 6) is 1.63. The van der Waals surface area contributed by atoms with E-state index in [9.17, 15) is 10.2 Å². The number of hydrogen-bond donors (Lipinski definition) is 3. The van der Waals surface area contributed by atoms with E-state index in [4.69, 9.17) is 0 Å². The molecule has 1 aliphatic rings. The Morgan fingerprint density at radius 3 is 2.89 bits per heavy atom. The first-order valence-corrected chi connectivity index (χ1v) is 8.04. The van der Waals surface area contributed by atoms with E-state index in [1.54, 1.807) is 12.1 Å². The fraction of sp³-hybridized carbons (Fsp3) is 0.600. The Kier molecular flexibility index (Phi) is 4.99. The van der Waals surface area contributed by atoms with Crippen molar-refractivity contribution in [2.24, 2.45) is 0 Å². The molecule has 3 N–H and O–H groups in total. The van der Waals surface area contributed by atoms with Crippen LogP contribution in [0.25, 0.3) is 0 Å². The minimum atomic E-state index is 0.0578. The first-order valence-electron chi connectivity index (χ1n) is 6.99. The van der Waals surface area contributed by atoms with E-state index in [0.717, 1.165) is 10.8 Å². The standard InChI is InChI=1S/C15H23NO2S/c1-3-19-13-6-4-11(8-13)16-10(2)14-9-12(17)5-7-15(14)18/h5,7,9-11,13,16-18H,3-4,6,8H2,1-2H3. The number of phenols is 2. The van der Waals surface area contributed by atoms with Crippen molar-refractivity contribution in [3.63, 3.8) is 0 Å². The molecule has 1 aromatic carbocycles. The lowest BCUT2D eigenvalue weighted by atomic mass is 10.1. The Bertz CT molecular complexity index is 425. The lowest BCUT2D eigenvalue weighted by Gasteiger charge is -2.21. The molecule has 1 aliphatic carbocycles. The van der Waals surface area contributed by atoms with E-state index in [0.29, 0.717) is 6.04 Å². The zero-order chi connectivity index (χ0) is 13.8. The van der Waals surface area contributed by atoms with Crippen LogP contribution in [-0.2, 0) is 0 Å². The molecular weight excluding hydrogens is 258 g/mol. The topological polar surface area (TPSA) is 52.5 Å². The molecule has 0 heterocycles. The number of nitrogens with one attached hydrogen (secondary N) is 1. The highest BCUT2D eigenvalue weighted by atomic mass is 32.2. The predicted molar refractivity (Wildman–Crippen MR) is 80.9 cm³/mol. The van der Waals surface area contributed by atoms with E-state index >= 15 is 0 Å². The molecule has 1 aromatic rings. The third kappa shape index (κ3) is 3.80. The normalized spacial score (nSPS) is 24.5. The second-order valence-corrected chi connectivity index (χ2v) is 6.80. The Morgan fingerprint density at radius 2 is 2.16 bits per heavy atom. The Hall–Kier alpha value is -0.870. The number of hydrogen-bond acceptors (Lipinski definition) is 4. The quantitative estimate of drug-likeness (QED) is 0.724. The Morgan fingerprint density at radius 1 is 1.37 bits per heavy atom. The van der Waals surface area contributed by atoms with Crippen LogP contribution in [0.3, 0.4) is 0 Å². The van der Waals surface area contributed by atoms with Gasteiger partial charge in [-0.3, -0.25) is 0 Å². The van der Waals surface area contributed by atoms with Gasteiger partial charge in [0, 0.05) is 22.9 Å². The summed E-state index contributed by atoms with van der Waals surface area (Å²) in [5.41, 5.74) is 0.770. The molecule has 4 heteroatoms. The van der Waals surface area contributed by atoms with Crippen LogP contribution in [0.5, 0.6) is 11.5 Å². The van der Waals surface area contributed by atoms with Crippen molar-refractivity contribution in [3.8, 4) is 11.5 Å². The van der Waals surface area contributed by atoms with Gasteiger partial charge in [0.25, 0.3) is 0 Å². The van der Waals surface area contributed by atoms with E-state index in [1.165, 1.54) is 31.1 Å². The summed E-state index contributed by atoms with van der Waals surface area (Å²) in [6.45, 7) is 4.24. The van der Waals surface area contributed by atoms with Gasteiger partial charge in [0.1, 0.15) is 11.5 Å². The number of benzene rings is 1. The summed E-state index contributed by atoms with van der Waals surface area (Å²) in [5, 5.41) is 23.7. The van der Waals surface area contributed by atoms with Crippen molar-refractivity contribution in [2.45, 2.75) is 50.4 Å². The average Bonchev–Trinajstić information content (AvgIpc) is 2.80. The molecule has 0 bridgehead atoms. The second kappa shape index (κ2) is 6.53. The highest BCUT2D eigenvalue weighted by Crippen LogP contribution is 2.33. The molecule has 0 aliphatic heterocycles. The molecule has 3 nitrogen and oxygen atoms in total. The van der Waals surface area contributed by atoms with Gasteiger partial charge >= 0.3 is 0 Å². The van der Waals surface area contributed by atoms with Gasteiger partial charge in [0.2, 0.25) is 0 Å². The summed E-state index contributed by atoms with van der Waals surface area (Å²) in [7, 11) is 0. The number of thioether (sulfide) groups is 1. The van der Waals surface area contributed by atoms with Crippen LogP contribution in [0.2, 0.25) is 0 Å².